The second-order valence-electron chi connectivity index (χ2n) is 8.04. The van der Waals surface area contributed by atoms with Crippen LogP contribution in [0.5, 0.6) is 0 Å². The molecule has 2 amide bonds. The lowest BCUT2D eigenvalue weighted by molar-refractivity contribution is 0.0699. The zero-order valence-electron chi connectivity index (χ0n) is 18.2. The molecule has 0 bridgehead atoms. The highest BCUT2D eigenvalue weighted by Gasteiger charge is 2.30. The summed E-state index contributed by atoms with van der Waals surface area (Å²) in [5, 5.41) is 17.9. The number of carbonyl (C=O) groups is 2. The summed E-state index contributed by atoms with van der Waals surface area (Å²) in [5.74, 6) is -0.750. The molecule has 4 aromatic rings. The molecule has 0 saturated carbocycles. The molecule has 176 valence electrons. The third kappa shape index (κ3) is 4.13. The standard InChI is InChI=1S/C22H23N7O4S/c30-21(17-5-1-3-15-13-24-26-19(15)17)23-7-12-34(32,33)29-10-8-28(9-11-29)22(31)18-6-2-4-16-14-25-27-20(16)18/h1-6,13-14H,7-12H2,(H,23,30)(H,24,26)(H,25,27). The number of piperazine rings is 1. The zero-order valence-corrected chi connectivity index (χ0v) is 19.0. The van der Waals surface area contributed by atoms with Crippen LogP contribution in [0.1, 0.15) is 20.7 Å². The zero-order chi connectivity index (χ0) is 23.7. The van der Waals surface area contributed by atoms with Crippen LogP contribution in [0, 0.1) is 0 Å². The highest BCUT2D eigenvalue weighted by molar-refractivity contribution is 7.89. The minimum atomic E-state index is -3.59. The smallest absolute Gasteiger partial charge is 0.256 e. The molecular weight excluding hydrogens is 458 g/mol. The highest BCUT2D eigenvalue weighted by Crippen LogP contribution is 2.19. The van der Waals surface area contributed by atoms with Crippen LogP contribution in [0.25, 0.3) is 21.8 Å². The summed E-state index contributed by atoms with van der Waals surface area (Å²) in [6, 6.07) is 10.6. The van der Waals surface area contributed by atoms with E-state index in [4.69, 9.17) is 0 Å². The lowest BCUT2D eigenvalue weighted by Gasteiger charge is -2.34. The van der Waals surface area contributed by atoms with Crippen molar-refractivity contribution in [2.75, 3.05) is 38.5 Å². The van der Waals surface area contributed by atoms with Crippen molar-refractivity contribution in [2.24, 2.45) is 0 Å². The van der Waals surface area contributed by atoms with Crippen LogP contribution < -0.4 is 5.32 Å². The minimum absolute atomic E-state index is 0.0212. The number of H-pyrrole nitrogens is 2. The van der Waals surface area contributed by atoms with E-state index < -0.39 is 10.0 Å². The monoisotopic (exact) mass is 481 g/mol. The van der Waals surface area contributed by atoms with E-state index in [2.05, 4.69) is 25.7 Å². The summed E-state index contributed by atoms with van der Waals surface area (Å²) < 4.78 is 27.0. The predicted octanol–water partition coefficient (Wildman–Crippen LogP) is 0.957. The van der Waals surface area contributed by atoms with Gasteiger partial charge in [-0.3, -0.25) is 19.8 Å². The third-order valence-electron chi connectivity index (χ3n) is 5.99. The lowest BCUT2D eigenvalue weighted by Crippen LogP contribution is -2.51. The van der Waals surface area contributed by atoms with Crippen molar-refractivity contribution >= 4 is 43.6 Å². The van der Waals surface area contributed by atoms with Crippen molar-refractivity contribution in [3.8, 4) is 0 Å². The SMILES string of the molecule is O=C(NCCS(=O)(=O)N1CCN(C(=O)c2cccc3cn[nH]c23)CC1)c1cccc2cn[nH]c12. The first-order valence-corrected chi connectivity index (χ1v) is 12.4. The molecule has 2 aromatic heterocycles. The normalized spacial score (nSPS) is 15.1. The Morgan fingerprint density at radius 3 is 2.12 bits per heavy atom. The van der Waals surface area contributed by atoms with Crippen molar-refractivity contribution in [3.63, 3.8) is 0 Å². The van der Waals surface area contributed by atoms with Crippen molar-refractivity contribution in [3.05, 3.63) is 59.9 Å². The molecule has 0 atom stereocenters. The Kier molecular flexibility index (Phi) is 5.75. The number of carbonyl (C=O) groups excluding carboxylic acids is 2. The van der Waals surface area contributed by atoms with Gasteiger partial charge in [0.05, 0.1) is 40.3 Å². The number of hydrogen-bond donors (Lipinski definition) is 3. The lowest BCUT2D eigenvalue weighted by atomic mass is 10.1. The van der Waals surface area contributed by atoms with Gasteiger partial charge in [0.15, 0.2) is 0 Å². The Morgan fingerprint density at radius 2 is 1.47 bits per heavy atom. The van der Waals surface area contributed by atoms with Crippen LogP contribution >= 0.6 is 0 Å². The van der Waals surface area contributed by atoms with Crippen LogP contribution in [0.3, 0.4) is 0 Å². The van der Waals surface area contributed by atoms with Gasteiger partial charge in [0.1, 0.15) is 0 Å². The van der Waals surface area contributed by atoms with Gasteiger partial charge in [-0.25, -0.2) is 8.42 Å². The first kappa shape index (κ1) is 22.0. The van der Waals surface area contributed by atoms with Gasteiger partial charge >= 0.3 is 0 Å². The van der Waals surface area contributed by atoms with E-state index in [0.717, 1.165) is 10.8 Å². The molecule has 1 fully saturated rings. The molecule has 11 nitrogen and oxygen atoms in total. The first-order chi connectivity index (χ1) is 16.4. The van der Waals surface area contributed by atoms with Gasteiger partial charge < -0.3 is 10.2 Å². The molecule has 1 saturated heterocycles. The molecule has 34 heavy (non-hydrogen) atoms. The molecule has 0 aliphatic carbocycles. The fourth-order valence-corrected chi connectivity index (χ4v) is 5.50. The third-order valence-corrected chi connectivity index (χ3v) is 7.87. The van der Waals surface area contributed by atoms with Gasteiger partial charge in [-0.1, -0.05) is 24.3 Å². The summed E-state index contributed by atoms with van der Waals surface area (Å²) >= 11 is 0. The Hall–Kier alpha value is -3.77. The second-order valence-corrected chi connectivity index (χ2v) is 10.1. The second kappa shape index (κ2) is 8.88. The number of nitrogens with one attached hydrogen (secondary N) is 3. The van der Waals surface area contributed by atoms with Gasteiger partial charge in [-0.05, 0) is 12.1 Å². The average Bonchev–Trinajstić information content (AvgIpc) is 3.52. The van der Waals surface area contributed by atoms with Crippen molar-refractivity contribution in [1.82, 2.24) is 34.9 Å². The van der Waals surface area contributed by atoms with E-state index in [1.165, 1.54) is 4.31 Å². The minimum Gasteiger partial charge on any atom is -0.351 e. The summed E-state index contributed by atoms with van der Waals surface area (Å²) in [6.45, 7) is 0.961. The largest absolute Gasteiger partial charge is 0.351 e. The molecule has 5 rings (SSSR count). The fourth-order valence-electron chi connectivity index (χ4n) is 4.16. The maximum absolute atomic E-state index is 13.0. The van der Waals surface area contributed by atoms with Crippen molar-refractivity contribution in [2.45, 2.75) is 0 Å². The molecule has 3 heterocycles. The fraction of sp³-hybridized carbons (Fsp3) is 0.273. The summed E-state index contributed by atoms with van der Waals surface area (Å²) in [6.07, 6.45) is 3.28. The number of rotatable bonds is 6. The maximum atomic E-state index is 13.0. The van der Waals surface area contributed by atoms with Crippen LogP contribution in [0.2, 0.25) is 0 Å². The molecular formula is C22H23N7O4S. The van der Waals surface area contributed by atoms with Crippen LogP contribution in [0.15, 0.2) is 48.8 Å². The van der Waals surface area contributed by atoms with Crippen molar-refractivity contribution < 1.29 is 18.0 Å². The van der Waals surface area contributed by atoms with E-state index in [-0.39, 0.29) is 50.3 Å². The van der Waals surface area contributed by atoms with Crippen molar-refractivity contribution in [1.29, 1.82) is 0 Å². The Bertz CT molecular complexity index is 1470. The first-order valence-electron chi connectivity index (χ1n) is 10.8. The Labute approximate surface area is 195 Å². The Balaban J connectivity index is 1.16. The Morgan fingerprint density at radius 1 is 0.882 bits per heavy atom. The van der Waals surface area contributed by atoms with Gasteiger partial charge in [0.2, 0.25) is 10.0 Å². The number of para-hydroxylation sites is 2. The summed E-state index contributed by atoms with van der Waals surface area (Å²) in [4.78, 5) is 27.2. The number of hydrogen-bond acceptors (Lipinski definition) is 6. The quantitative estimate of drug-likeness (QED) is 0.374. The van der Waals surface area contributed by atoms with E-state index in [0.29, 0.717) is 22.2 Å². The topological polar surface area (TPSA) is 144 Å². The number of aromatic nitrogens is 4. The molecule has 12 heteroatoms. The molecule has 3 N–H and O–H groups in total. The van der Waals surface area contributed by atoms with Crippen LogP contribution in [-0.4, -0.2) is 88.3 Å². The van der Waals surface area contributed by atoms with E-state index >= 15 is 0 Å². The average molecular weight is 482 g/mol. The van der Waals surface area contributed by atoms with E-state index in [1.807, 2.05) is 12.1 Å². The van der Waals surface area contributed by atoms with Gasteiger partial charge in [0, 0.05) is 43.5 Å². The molecule has 0 spiro atoms. The van der Waals surface area contributed by atoms with Crippen LogP contribution in [0.4, 0.5) is 0 Å². The molecule has 0 unspecified atom stereocenters. The molecule has 2 aromatic carbocycles. The number of amides is 2. The summed E-state index contributed by atoms with van der Waals surface area (Å²) in [7, 11) is -3.59. The van der Waals surface area contributed by atoms with E-state index in [9.17, 15) is 18.0 Å². The molecule has 0 radical (unpaired) electrons. The highest BCUT2D eigenvalue weighted by atomic mass is 32.2. The van der Waals surface area contributed by atoms with Gasteiger partial charge in [-0.2, -0.15) is 14.5 Å². The van der Waals surface area contributed by atoms with Crippen LogP contribution in [-0.2, 0) is 10.0 Å². The number of sulfonamides is 1. The number of aromatic amines is 2. The molecule has 1 aliphatic heterocycles. The maximum Gasteiger partial charge on any atom is 0.256 e. The number of nitrogens with zero attached hydrogens (tertiary/aromatic N) is 4. The predicted molar refractivity (Wildman–Crippen MR) is 126 cm³/mol. The number of benzene rings is 2. The van der Waals surface area contributed by atoms with E-state index in [1.54, 1.807) is 41.6 Å². The summed E-state index contributed by atoms with van der Waals surface area (Å²) in [5.41, 5.74) is 2.20. The van der Waals surface area contributed by atoms with Gasteiger partial charge in [-0.15, -0.1) is 0 Å². The molecule has 1 aliphatic rings. The van der Waals surface area contributed by atoms with Gasteiger partial charge in [0.25, 0.3) is 11.8 Å². The number of fused-ring (bicyclic) bond motifs is 2.